The third-order valence-corrected chi connectivity index (χ3v) is 3.70. The summed E-state index contributed by atoms with van der Waals surface area (Å²) in [7, 11) is 0. The summed E-state index contributed by atoms with van der Waals surface area (Å²) in [6.45, 7) is 3.16. The molecule has 0 radical (unpaired) electrons. The lowest BCUT2D eigenvalue weighted by Crippen LogP contribution is -2.12. The van der Waals surface area contributed by atoms with Crippen molar-refractivity contribution >= 4 is 0 Å². The average Bonchev–Trinajstić information content (AvgIpc) is 3.04. The van der Waals surface area contributed by atoms with Crippen LogP contribution >= 0.6 is 0 Å². The van der Waals surface area contributed by atoms with Crippen LogP contribution in [0.3, 0.4) is 0 Å². The quantitative estimate of drug-likeness (QED) is 0.759. The molecule has 0 spiro atoms. The highest BCUT2D eigenvalue weighted by molar-refractivity contribution is 5.38. The number of benzene rings is 2. The number of imidazole rings is 1. The van der Waals surface area contributed by atoms with E-state index in [9.17, 15) is 5.11 Å². The summed E-state index contributed by atoms with van der Waals surface area (Å²) < 4.78 is 7.58. The highest BCUT2D eigenvalue weighted by Gasteiger charge is 2.20. The van der Waals surface area contributed by atoms with Crippen LogP contribution in [0.2, 0.25) is 0 Å². The normalized spacial score (nSPS) is 12.1. The van der Waals surface area contributed by atoms with Gasteiger partial charge in [0.05, 0.1) is 6.61 Å². The third-order valence-electron chi connectivity index (χ3n) is 3.70. The van der Waals surface area contributed by atoms with E-state index in [1.165, 1.54) is 0 Å². The van der Waals surface area contributed by atoms with E-state index in [2.05, 4.69) is 17.1 Å². The van der Waals surface area contributed by atoms with Gasteiger partial charge in [-0.3, -0.25) is 0 Å². The molecule has 0 fully saturated rings. The summed E-state index contributed by atoms with van der Waals surface area (Å²) in [5, 5.41) is 10.8. The largest absolute Gasteiger partial charge is 0.493 e. The van der Waals surface area contributed by atoms with Crippen molar-refractivity contribution in [1.82, 2.24) is 9.55 Å². The Bertz CT molecular complexity index is 753. The first-order chi connectivity index (χ1) is 11.3. The Kier molecular flexibility index (Phi) is 4.74. The van der Waals surface area contributed by atoms with Crippen LogP contribution in [0.15, 0.2) is 67.0 Å². The second-order valence-corrected chi connectivity index (χ2v) is 5.27. The van der Waals surface area contributed by atoms with Gasteiger partial charge < -0.3 is 14.4 Å². The van der Waals surface area contributed by atoms with E-state index < -0.39 is 6.10 Å². The van der Waals surface area contributed by atoms with Crippen LogP contribution in [0.1, 0.15) is 30.0 Å². The van der Waals surface area contributed by atoms with Crippen molar-refractivity contribution < 1.29 is 9.84 Å². The number of nitrogens with zero attached hydrogens (tertiary/aromatic N) is 2. The van der Waals surface area contributed by atoms with Crippen molar-refractivity contribution in [3.63, 3.8) is 0 Å². The van der Waals surface area contributed by atoms with Gasteiger partial charge in [0.25, 0.3) is 0 Å². The molecule has 0 bridgehead atoms. The second kappa shape index (κ2) is 7.11. The van der Waals surface area contributed by atoms with Gasteiger partial charge in [-0.25, -0.2) is 4.98 Å². The molecule has 0 amide bonds. The predicted molar refractivity (Wildman–Crippen MR) is 89.4 cm³/mol. The van der Waals surface area contributed by atoms with Crippen LogP contribution in [0, 0.1) is 0 Å². The van der Waals surface area contributed by atoms with Gasteiger partial charge in [-0.05, 0) is 18.6 Å². The van der Waals surface area contributed by atoms with Gasteiger partial charge in [-0.1, -0.05) is 48.5 Å². The van der Waals surface area contributed by atoms with Gasteiger partial charge in [0.1, 0.15) is 17.7 Å². The Morgan fingerprint density at radius 1 is 1.09 bits per heavy atom. The molecule has 3 aromatic rings. The molecule has 0 aliphatic rings. The zero-order valence-corrected chi connectivity index (χ0v) is 13.1. The van der Waals surface area contributed by atoms with E-state index in [-0.39, 0.29) is 0 Å². The first-order valence-electron chi connectivity index (χ1n) is 7.74. The van der Waals surface area contributed by atoms with Crippen LogP contribution < -0.4 is 4.74 Å². The molecule has 4 heteroatoms. The maximum atomic E-state index is 10.8. The third kappa shape index (κ3) is 3.43. The minimum atomic E-state index is -0.823. The minimum absolute atomic E-state index is 0.558. The van der Waals surface area contributed by atoms with E-state index in [0.717, 1.165) is 11.1 Å². The van der Waals surface area contributed by atoms with Crippen LogP contribution in [0.25, 0.3) is 0 Å². The number of aliphatic hydroxyl groups excluding tert-OH is 1. The van der Waals surface area contributed by atoms with Gasteiger partial charge in [-0.2, -0.15) is 0 Å². The lowest BCUT2D eigenvalue weighted by atomic mass is 10.1. The van der Waals surface area contributed by atoms with Crippen molar-refractivity contribution in [2.45, 2.75) is 19.6 Å². The molecule has 1 aromatic heterocycles. The predicted octanol–water partition coefficient (Wildman–Crippen LogP) is 3.41. The monoisotopic (exact) mass is 308 g/mol. The van der Waals surface area contributed by atoms with E-state index >= 15 is 0 Å². The Hall–Kier alpha value is -2.59. The Morgan fingerprint density at radius 2 is 1.83 bits per heavy atom. The molecular weight excluding hydrogens is 288 g/mol. The van der Waals surface area contributed by atoms with Crippen LogP contribution in [0.4, 0.5) is 0 Å². The fraction of sp³-hybridized carbons (Fsp3) is 0.211. The number of aliphatic hydroxyl groups is 1. The number of rotatable bonds is 6. The van der Waals surface area contributed by atoms with E-state index in [1.54, 1.807) is 6.20 Å². The lowest BCUT2D eigenvalue weighted by molar-refractivity contribution is 0.198. The van der Waals surface area contributed by atoms with Gasteiger partial charge in [0, 0.05) is 24.5 Å². The summed E-state index contributed by atoms with van der Waals surface area (Å²) in [5.74, 6) is 1.30. The summed E-state index contributed by atoms with van der Waals surface area (Å²) in [6.07, 6.45) is 2.77. The molecule has 23 heavy (non-hydrogen) atoms. The van der Waals surface area contributed by atoms with Crippen LogP contribution in [-0.4, -0.2) is 21.3 Å². The molecule has 4 nitrogen and oxygen atoms in total. The molecule has 1 atom stereocenters. The highest BCUT2D eigenvalue weighted by atomic mass is 16.5. The van der Waals surface area contributed by atoms with Crippen molar-refractivity contribution in [3.05, 3.63) is 83.9 Å². The van der Waals surface area contributed by atoms with Crippen molar-refractivity contribution in [1.29, 1.82) is 0 Å². The van der Waals surface area contributed by atoms with Gasteiger partial charge in [0.2, 0.25) is 0 Å². The molecule has 0 saturated carbocycles. The number of ether oxygens (including phenoxy) is 1. The molecule has 118 valence electrons. The van der Waals surface area contributed by atoms with Crippen LogP contribution in [0.5, 0.6) is 5.75 Å². The number of hydrogen-bond donors (Lipinski definition) is 1. The maximum Gasteiger partial charge on any atom is 0.142 e. The second-order valence-electron chi connectivity index (χ2n) is 5.27. The fourth-order valence-electron chi connectivity index (χ4n) is 2.61. The summed E-state index contributed by atoms with van der Waals surface area (Å²) in [4.78, 5) is 4.35. The Balaban J connectivity index is 1.89. The Labute approximate surface area is 136 Å². The minimum Gasteiger partial charge on any atom is -0.493 e. The van der Waals surface area contributed by atoms with E-state index in [0.29, 0.717) is 24.7 Å². The lowest BCUT2D eigenvalue weighted by Gasteiger charge is -2.17. The van der Waals surface area contributed by atoms with Crippen LogP contribution in [-0.2, 0) is 6.54 Å². The van der Waals surface area contributed by atoms with Gasteiger partial charge in [-0.15, -0.1) is 0 Å². The van der Waals surface area contributed by atoms with E-state index in [1.807, 2.05) is 60.2 Å². The summed E-state index contributed by atoms with van der Waals surface area (Å²) in [6, 6.07) is 17.7. The van der Waals surface area contributed by atoms with Crippen molar-refractivity contribution in [3.8, 4) is 5.75 Å². The molecular formula is C19H20N2O2. The average molecular weight is 308 g/mol. The van der Waals surface area contributed by atoms with Crippen molar-refractivity contribution in [2.24, 2.45) is 0 Å². The summed E-state index contributed by atoms with van der Waals surface area (Å²) >= 11 is 0. The molecule has 1 unspecified atom stereocenters. The number of hydrogen-bond acceptors (Lipinski definition) is 3. The van der Waals surface area contributed by atoms with Crippen molar-refractivity contribution in [2.75, 3.05) is 6.61 Å². The molecule has 0 aliphatic carbocycles. The number of para-hydroxylation sites is 1. The molecule has 2 aromatic carbocycles. The van der Waals surface area contributed by atoms with Gasteiger partial charge >= 0.3 is 0 Å². The number of aromatic nitrogens is 2. The zero-order chi connectivity index (χ0) is 16.1. The maximum absolute atomic E-state index is 10.8. The first kappa shape index (κ1) is 15.3. The van der Waals surface area contributed by atoms with Gasteiger partial charge in [0.15, 0.2) is 0 Å². The molecule has 1 N–H and O–H groups in total. The topological polar surface area (TPSA) is 47.3 Å². The zero-order valence-electron chi connectivity index (χ0n) is 13.1. The standard InChI is InChI=1S/C19H20N2O2/c1-2-23-17-11-7-6-10-16(17)18(22)19-20-12-13-21(19)14-15-8-4-3-5-9-15/h3-13,18,22H,2,14H2,1H3. The molecule has 0 aliphatic heterocycles. The molecule has 0 saturated heterocycles. The van der Waals surface area contributed by atoms with E-state index in [4.69, 9.17) is 4.74 Å². The fourth-order valence-corrected chi connectivity index (χ4v) is 2.61. The smallest absolute Gasteiger partial charge is 0.142 e. The Morgan fingerprint density at radius 3 is 2.61 bits per heavy atom. The SMILES string of the molecule is CCOc1ccccc1C(O)c1nccn1Cc1ccccc1. The highest BCUT2D eigenvalue weighted by Crippen LogP contribution is 2.29. The first-order valence-corrected chi connectivity index (χ1v) is 7.74. The molecule has 1 heterocycles. The molecule has 3 rings (SSSR count). The summed E-state index contributed by atoms with van der Waals surface area (Å²) in [5.41, 5.74) is 1.90.